The topological polar surface area (TPSA) is 104 Å². The molecule has 0 fully saturated rings. The fourth-order valence-corrected chi connectivity index (χ4v) is 5.23. The Kier molecular flexibility index (Phi) is 10.0. The van der Waals surface area contributed by atoms with E-state index < -0.39 is 32.3 Å². The second-order valence-electron chi connectivity index (χ2n) is 4.11. The van der Waals surface area contributed by atoms with Gasteiger partial charge < -0.3 is 14.5 Å². The van der Waals surface area contributed by atoms with Crippen LogP contribution in [-0.2, 0) is 51.8 Å². The number of carbonyl (C=O) groups is 1. The molecule has 128 valence electrons. The van der Waals surface area contributed by atoms with Gasteiger partial charge >= 0.3 is 12.7 Å². The van der Waals surface area contributed by atoms with Gasteiger partial charge in [0.1, 0.15) is 6.61 Å². The van der Waals surface area contributed by atoms with Gasteiger partial charge in [0.15, 0.2) is 6.35 Å². The van der Waals surface area contributed by atoms with Crippen molar-refractivity contribution in [3.8, 4) is 0 Å². The van der Waals surface area contributed by atoms with E-state index in [9.17, 15) is 14.6 Å². The summed E-state index contributed by atoms with van der Waals surface area (Å²) in [5.74, 6) is -0.727. The highest BCUT2D eigenvalue weighted by Crippen LogP contribution is 2.60. The largest absolute Gasteiger partial charge is 0.435 e. The van der Waals surface area contributed by atoms with Gasteiger partial charge in [0.25, 0.3) is 0 Å². The number of esters is 1. The molecule has 2 atom stereocenters. The standard InChI is InChI=1S/C10H18O8P2S2/c1-8(2)5-15-16-7-19(12,21)18-20(13,22)17-6-14-10(11)9(3)4/h1,3,5-7H2,2,4H3,(H,12,21)(H,13,22). The van der Waals surface area contributed by atoms with Crippen LogP contribution in [0.15, 0.2) is 24.3 Å². The summed E-state index contributed by atoms with van der Waals surface area (Å²) in [4.78, 5) is 39.9. The molecule has 0 rings (SSSR count). The van der Waals surface area contributed by atoms with Gasteiger partial charge in [-0.2, -0.15) is 0 Å². The zero-order valence-electron chi connectivity index (χ0n) is 12.1. The smallest absolute Gasteiger partial charge is 0.335 e. The predicted molar refractivity (Wildman–Crippen MR) is 87.7 cm³/mol. The third kappa shape index (κ3) is 11.6. The van der Waals surface area contributed by atoms with E-state index in [-0.39, 0.29) is 12.2 Å². The average molecular weight is 392 g/mol. The lowest BCUT2D eigenvalue weighted by Gasteiger charge is -2.21. The highest BCUT2D eigenvalue weighted by Gasteiger charge is 2.27. The normalized spacial score (nSPS) is 16.4. The van der Waals surface area contributed by atoms with E-state index in [1.54, 1.807) is 6.92 Å². The van der Waals surface area contributed by atoms with Crippen molar-refractivity contribution in [2.24, 2.45) is 0 Å². The molecule has 0 aliphatic carbocycles. The van der Waals surface area contributed by atoms with Crippen LogP contribution in [0.2, 0.25) is 0 Å². The van der Waals surface area contributed by atoms with E-state index >= 15 is 0 Å². The summed E-state index contributed by atoms with van der Waals surface area (Å²) >= 11 is 9.36. The Balaban J connectivity index is 4.23. The molecule has 12 heteroatoms. The molecule has 2 N–H and O–H groups in total. The Morgan fingerprint density at radius 1 is 1.18 bits per heavy atom. The zero-order chi connectivity index (χ0) is 17.4. The molecule has 0 aromatic heterocycles. The molecule has 8 nitrogen and oxygen atoms in total. The summed E-state index contributed by atoms with van der Waals surface area (Å²) < 4.78 is 14.0. The van der Waals surface area contributed by atoms with Crippen molar-refractivity contribution >= 4 is 42.8 Å². The molecular formula is C10H18O8P2S2. The highest BCUT2D eigenvalue weighted by atomic mass is 32.5. The number of hydrogen-bond acceptors (Lipinski definition) is 8. The van der Waals surface area contributed by atoms with Crippen LogP contribution in [0, 0.1) is 0 Å². The number of rotatable bonds is 11. The van der Waals surface area contributed by atoms with Crippen LogP contribution in [0.1, 0.15) is 13.8 Å². The summed E-state index contributed by atoms with van der Waals surface area (Å²) in [6.07, 6.45) is -0.510. The van der Waals surface area contributed by atoms with Gasteiger partial charge in [-0.15, -0.1) is 0 Å². The maximum Gasteiger partial charge on any atom is 0.335 e. The lowest BCUT2D eigenvalue weighted by Crippen LogP contribution is -2.09. The fraction of sp³-hybridized carbons (Fsp3) is 0.500. The maximum atomic E-state index is 11.1. The van der Waals surface area contributed by atoms with E-state index in [0.29, 0.717) is 5.57 Å². The molecule has 0 spiro atoms. The van der Waals surface area contributed by atoms with Crippen LogP contribution in [0.3, 0.4) is 0 Å². The molecule has 0 saturated carbocycles. The van der Waals surface area contributed by atoms with E-state index in [0.717, 1.165) is 0 Å². The summed E-state index contributed by atoms with van der Waals surface area (Å²) in [6.45, 7) is 2.03. The third-order valence-corrected chi connectivity index (χ3v) is 6.13. The van der Waals surface area contributed by atoms with Crippen molar-refractivity contribution in [3.63, 3.8) is 0 Å². The van der Waals surface area contributed by atoms with Gasteiger partial charge in [0.2, 0.25) is 13.3 Å². The Hall–Kier alpha value is 0.01000. The molecule has 0 aliphatic rings. The van der Waals surface area contributed by atoms with Crippen molar-refractivity contribution < 1.29 is 37.9 Å². The number of hydrogen-bond donors (Lipinski definition) is 2. The number of carbonyl (C=O) groups excluding carboxylic acids is 1. The summed E-state index contributed by atoms with van der Waals surface area (Å²) in [5.41, 5.74) is 0.841. The highest BCUT2D eigenvalue weighted by molar-refractivity contribution is 8.15. The maximum absolute atomic E-state index is 11.1. The lowest BCUT2D eigenvalue weighted by atomic mass is 10.4. The Labute approximate surface area is 139 Å². The van der Waals surface area contributed by atoms with Crippen molar-refractivity contribution in [3.05, 3.63) is 24.3 Å². The lowest BCUT2D eigenvalue weighted by molar-refractivity contribution is -0.274. The van der Waals surface area contributed by atoms with Gasteiger partial charge in [-0.25, -0.2) is 18.9 Å². The first-order valence-electron chi connectivity index (χ1n) is 5.67. The van der Waals surface area contributed by atoms with Crippen LogP contribution in [0.25, 0.3) is 0 Å². The van der Waals surface area contributed by atoms with Gasteiger partial charge in [0, 0.05) is 5.57 Å². The Bertz CT molecular complexity index is 521. The van der Waals surface area contributed by atoms with Crippen LogP contribution in [0.4, 0.5) is 0 Å². The molecule has 0 amide bonds. The predicted octanol–water partition coefficient (Wildman–Crippen LogP) is 2.10. The quantitative estimate of drug-likeness (QED) is 0.0794. The Morgan fingerprint density at radius 3 is 2.27 bits per heavy atom. The molecule has 0 bridgehead atoms. The second kappa shape index (κ2) is 10.00. The van der Waals surface area contributed by atoms with E-state index in [4.69, 9.17) is 20.6 Å². The van der Waals surface area contributed by atoms with Crippen molar-refractivity contribution in [2.75, 3.05) is 19.7 Å². The third-order valence-electron chi connectivity index (χ3n) is 1.59. The Morgan fingerprint density at radius 2 is 1.77 bits per heavy atom. The van der Waals surface area contributed by atoms with Crippen LogP contribution in [-0.4, -0.2) is 35.5 Å². The van der Waals surface area contributed by atoms with Crippen molar-refractivity contribution in [1.29, 1.82) is 0 Å². The average Bonchev–Trinajstić information content (AvgIpc) is 2.32. The molecule has 0 aliphatic heterocycles. The molecule has 0 radical (unpaired) electrons. The van der Waals surface area contributed by atoms with Crippen LogP contribution in [0.5, 0.6) is 0 Å². The fourth-order valence-electron chi connectivity index (χ4n) is 0.724. The minimum Gasteiger partial charge on any atom is -0.435 e. The first-order chi connectivity index (χ1) is 9.95. The molecular weight excluding hydrogens is 374 g/mol. The van der Waals surface area contributed by atoms with Gasteiger partial charge in [-0.3, -0.25) is 4.52 Å². The van der Waals surface area contributed by atoms with Gasteiger partial charge in [0.05, 0.1) is 0 Å². The van der Waals surface area contributed by atoms with E-state index in [1.807, 2.05) is 0 Å². The summed E-state index contributed by atoms with van der Waals surface area (Å²) in [6, 6.07) is 0. The summed E-state index contributed by atoms with van der Waals surface area (Å²) in [5, 5.41) is 0. The number of ether oxygens (including phenoxy) is 1. The zero-order valence-corrected chi connectivity index (χ0v) is 15.5. The van der Waals surface area contributed by atoms with Gasteiger partial charge in [-0.1, -0.05) is 18.7 Å². The monoisotopic (exact) mass is 392 g/mol. The minimum absolute atomic E-state index is 0.107. The second-order valence-corrected chi connectivity index (χ2v) is 10.6. The van der Waals surface area contributed by atoms with E-state index in [1.165, 1.54) is 6.92 Å². The minimum atomic E-state index is -3.90. The SMILES string of the molecule is C=C(C)COOCP(O)(=S)OP(O)(=S)OCOC(=O)C(=C)C. The summed E-state index contributed by atoms with van der Waals surface area (Å²) in [7, 11) is 0. The first kappa shape index (κ1) is 22.0. The molecule has 22 heavy (non-hydrogen) atoms. The van der Waals surface area contributed by atoms with Crippen LogP contribution >= 0.6 is 13.2 Å². The molecule has 0 aromatic rings. The van der Waals surface area contributed by atoms with Gasteiger partial charge in [-0.05, 0) is 37.5 Å². The van der Waals surface area contributed by atoms with Crippen molar-refractivity contribution in [2.45, 2.75) is 13.8 Å². The molecule has 2 unspecified atom stereocenters. The van der Waals surface area contributed by atoms with Crippen LogP contribution < -0.4 is 0 Å². The first-order valence-corrected chi connectivity index (χ1v) is 11.1. The molecule has 0 aromatic carbocycles. The van der Waals surface area contributed by atoms with E-state index in [2.05, 4.69) is 39.5 Å². The molecule has 0 saturated heterocycles. The van der Waals surface area contributed by atoms with Crippen molar-refractivity contribution in [1.82, 2.24) is 0 Å². The molecule has 0 heterocycles.